The molecular weight excluding hydrogens is 240 g/mol. The number of carboxylic acids is 1. The average Bonchev–Trinajstić information content (AvgIpc) is 2.70. The Kier molecular flexibility index (Phi) is 5.37. The highest BCUT2D eigenvalue weighted by atomic mass is 32.1. The Bertz CT molecular complexity index is 379. The molecule has 0 aliphatic heterocycles. The van der Waals surface area contributed by atoms with Crippen LogP contribution in [0.5, 0.6) is 0 Å². The van der Waals surface area contributed by atoms with Gasteiger partial charge in [-0.1, -0.05) is 24.7 Å². The number of anilines is 1. The predicted octanol–water partition coefficient (Wildman–Crippen LogP) is 1.88. The largest absolute Gasteiger partial charge is 0.477 e. The molecule has 0 saturated heterocycles. The summed E-state index contributed by atoms with van der Waals surface area (Å²) in [5, 5.41) is 9.83. The van der Waals surface area contributed by atoms with E-state index in [1.807, 2.05) is 18.9 Å². The van der Waals surface area contributed by atoms with Crippen molar-refractivity contribution >= 4 is 22.4 Å². The second-order valence-corrected chi connectivity index (χ2v) is 4.72. The Labute approximate surface area is 105 Å². The number of methoxy groups -OCH3 is 1. The third-order valence-electron chi connectivity index (χ3n) is 2.32. The molecule has 0 radical (unpaired) electrons. The van der Waals surface area contributed by atoms with E-state index < -0.39 is 5.97 Å². The SMILES string of the molecule is CCCc1nc(N(C)CCOC)sc1C(=O)O. The third-order valence-corrected chi connectivity index (χ3v) is 3.52. The molecule has 17 heavy (non-hydrogen) atoms. The lowest BCUT2D eigenvalue weighted by Gasteiger charge is -2.14. The molecule has 5 nitrogen and oxygen atoms in total. The summed E-state index contributed by atoms with van der Waals surface area (Å²) in [6.45, 7) is 3.32. The minimum absolute atomic E-state index is 0.353. The molecule has 0 saturated carbocycles. The van der Waals surface area contributed by atoms with Gasteiger partial charge >= 0.3 is 5.97 Å². The fourth-order valence-electron chi connectivity index (χ4n) is 1.40. The lowest BCUT2D eigenvalue weighted by atomic mass is 10.2. The van der Waals surface area contributed by atoms with Crippen LogP contribution in [0.15, 0.2) is 0 Å². The van der Waals surface area contributed by atoms with Gasteiger partial charge in [-0.05, 0) is 6.42 Å². The Morgan fingerprint density at radius 2 is 2.29 bits per heavy atom. The van der Waals surface area contributed by atoms with Gasteiger partial charge in [-0.15, -0.1) is 0 Å². The van der Waals surface area contributed by atoms with Crippen molar-refractivity contribution in [3.63, 3.8) is 0 Å². The summed E-state index contributed by atoms with van der Waals surface area (Å²) in [7, 11) is 3.53. The molecule has 0 unspecified atom stereocenters. The van der Waals surface area contributed by atoms with E-state index in [1.54, 1.807) is 7.11 Å². The normalized spacial score (nSPS) is 10.5. The molecule has 1 aromatic rings. The van der Waals surface area contributed by atoms with E-state index >= 15 is 0 Å². The highest BCUT2D eigenvalue weighted by Crippen LogP contribution is 2.26. The number of thiazole rings is 1. The maximum Gasteiger partial charge on any atom is 0.347 e. The average molecular weight is 258 g/mol. The third kappa shape index (κ3) is 3.67. The Morgan fingerprint density at radius 3 is 2.82 bits per heavy atom. The number of aromatic nitrogens is 1. The molecular formula is C11H18N2O3S. The minimum Gasteiger partial charge on any atom is -0.477 e. The van der Waals surface area contributed by atoms with Crippen molar-refractivity contribution in [2.75, 3.05) is 32.2 Å². The predicted molar refractivity (Wildman–Crippen MR) is 68.2 cm³/mol. The van der Waals surface area contributed by atoms with E-state index in [2.05, 4.69) is 4.98 Å². The highest BCUT2D eigenvalue weighted by molar-refractivity contribution is 7.17. The van der Waals surface area contributed by atoms with Crippen LogP contribution in [0.3, 0.4) is 0 Å². The number of aromatic carboxylic acids is 1. The molecule has 0 aliphatic carbocycles. The number of carbonyl (C=O) groups is 1. The molecule has 6 heteroatoms. The van der Waals surface area contributed by atoms with E-state index in [1.165, 1.54) is 11.3 Å². The summed E-state index contributed by atoms with van der Waals surface area (Å²) in [4.78, 5) is 17.7. The van der Waals surface area contributed by atoms with Gasteiger partial charge in [0.25, 0.3) is 0 Å². The molecule has 0 fully saturated rings. The van der Waals surface area contributed by atoms with E-state index in [0.717, 1.165) is 11.6 Å². The van der Waals surface area contributed by atoms with Crippen LogP contribution in [0.25, 0.3) is 0 Å². The number of nitrogens with zero attached hydrogens (tertiary/aromatic N) is 2. The van der Waals surface area contributed by atoms with Crippen LogP contribution in [0, 0.1) is 0 Å². The maximum atomic E-state index is 11.1. The molecule has 1 rings (SSSR count). The monoisotopic (exact) mass is 258 g/mol. The second-order valence-electron chi connectivity index (χ2n) is 3.74. The van der Waals surface area contributed by atoms with Crippen LogP contribution >= 0.6 is 11.3 Å². The molecule has 0 spiro atoms. The Balaban J connectivity index is 2.86. The smallest absolute Gasteiger partial charge is 0.347 e. The number of ether oxygens (including phenoxy) is 1. The topological polar surface area (TPSA) is 62.7 Å². The van der Waals surface area contributed by atoms with Crippen LogP contribution in [0.4, 0.5) is 5.13 Å². The zero-order chi connectivity index (χ0) is 12.8. The van der Waals surface area contributed by atoms with Gasteiger partial charge in [-0.25, -0.2) is 9.78 Å². The van der Waals surface area contributed by atoms with Gasteiger partial charge < -0.3 is 14.7 Å². The lowest BCUT2D eigenvalue weighted by molar-refractivity contribution is 0.0700. The quantitative estimate of drug-likeness (QED) is 0.809. The van der Waals surface area contributed by atoms with E-state index in [4.69, 9.17) is 9.84 Å². The Hall–Kier alpha value is -1.14. The van der Waals surface area contributed by atoms with Gasteiger partial charge in [0.05, 0.1) is 12.3 Å². The molecule has 0 aromatic carbocycles. The number of hydrogen-bond donors (Lipinski definition) is 1. The van der Waals surface area contributed by atoms with Crippen molar-refractivity contribution in [3.8, 4) is 0 Å². The van der Waals surface area contributed by atoms with Gasteiger partial charge in [-0.3, -0.25) is 0 Å². The van der Waals surface area contributed by atoms with Crippen LogP contribution in [0.2, 0.25) is 0 Å². The van der Waals surface area contributed by atoms with Crippen molar-refractivity contribution in [2.45, 2.75) is 19.8 Å². The van der Waals surface area contributed by atoms with E-state index in [-0.39, 0.29) is 0 Å². The molecule has 1 N–H and O–H groups in total. The van der Waals surface area contributed by atoms with Crippen LogP contribution in [-0.2, 0) is 11.2 Å². The Morgan fingerprint density at radius 1 is 1.59 bits per heavy atom. The summed E-state index contributed by atoms with van der Waals surface area (Å²) >= 11 is 1.23. The summed E-state index contributed by atoms with van der Waals surface area (Å²) in [6, 6.07) is 0. The van der Waals surface area contributed by atoms with Crippen molar-refractivity contribution in [3.05, 3.63) is 10.6 Å². The van der Waals surface area contributed by atoms with E-state index in [9.17, 15) is 4.79 Å². The summed E-state index contributed by atoms with van der Waals surface area (Å²) in [5.74, 6) is -0.891. The highest BCUT2D eigenvalue weighted by Gasteiger charge is 2.18. The second kappa shape index (κ2) is 6.56. The minimum atomic E-state index is -0.891. The van der Waals surface area contributed by atoms with Gasteiger partial charge in [-0.2, -0.15) is 0 Å². The van der Waals surface area contributed by atoms with Gasteiger partial charge in [0.2, 0.25) is 0 Å². The van der Waals surface area contributed by atoms with Crippen LogP contribution in [0.1, 0.15) is 28.7 Å². The number of aryl methyl sites for hydroxylation is 1. The number of hydrogen-bond acceptors (Lipinski definition) is 5. The van der Waals surface area contributed by atoms with Crippen molar-refractivity contribution in [1.82, 2.24) is 4.98 Å². The number of carboxylic acid groups (broad SMARTS) is 1. The lowest BCUT2D eigenvalue weighted by Crippen LogP contribution is -2.21. The summed E-state index contributed by atoms with van der Waals surface area (Å²) < 4.78 is 4.98. The van der Waals surface area contributed by atoms with E-state index in [0.29, 0.717) is 30.1 Å². The molecule has 0 bridgehead atoms. The van der Waals surface area contributed by atoms with Crippen LogP contribution in [-0.4, -0.2) is 43.4 Å². The number of rotatable bonds is 7. The first kappa shape index (κ1) is 13.9. The fraction of sp³-hybridized carbons (Fsp3) is 0.636. The maximum absolute atomic E-state index is 11.1. The first-order valence-electron chi connectivity index (χ1n) is 5.53. The van der Waals surface area contributed by atoms with Crippen LogP contribution < -0.4 is 4.90 Å². The fourth-order valence-corrected chi connectivity index (χ4v) is 2.34. The molecule has 0 aliphatic rings. The first-order valence-corrected chi connectivity index (χ1v) is 6.34. The summed E-state index contributed by atoms with van der Waals surface area (Å²) in [6.07, 6.45) is 1.60. The molecule has 96 valence electrons. The van der Waals surface area contributed by atoms with Gasteiger partial charge in [0, 0.05) is 20.7 Å². The van der Waals surface area contributed by atoms with Gasteiger partial charge in [0.15, 0.2) is 5.13 Å². The van der Waals surface area contributed by atoms with Crippen molar-refractivity contribution < 1.29 is 14.6 Å². The van der Waals surface area contributed by atoms with Crippen molar-refractivity contribution in [1.29, 1.82) is 0 Å². The van der Waals surface area contributed by atoms with Gasteiger partial charge in [0.1, 0.15) is 4.88 Å². The zero-order valence-corrected chi connectivity index (χ0v) is 11.2. The molecule has 0 amide bonds. The molecule has 0 atom stereocenters. The number of likely N-dealkylation sites (N-methyl/N-ethyl adjacent to an activating group) is 1. The molecule has 1 heterocycles. The van der Waals surface area contributed by atoms with Crippen molar-refractivity contribution in [2.24, 2.45) is 0 Å². The first-order chi connectivity index (χ1) is 8.10. The standard InChI is InChI=1S/C11H18N2O3S/c1-4-5-8-9(10(14)15)17-11(12-8)13(2)6-7-16-3/h4-7H2,1-3H3,(H,14,15). The summed E-state index contributed by atoms with van der Waals surface area (Å²) in [5.41, 5.74) is 0.685. The molecule has 1 aromatic heterocycles. The zero-order valence-electron chi connectivity index (χ0n) is 10.4.